The van der Waals surface area contributed by atoms with E-state index in [1.54, 1.807) is 0 Å². The van der Waals surface area contributed by atoms with Crippen LogP contribution in [-0.2, 0) is 0 Å². The van der Waals surface area contributed by atoms with E-state index in [0.717, 1.165) is 0 Å². The summed E-state index contributed by atoms with van der Waals surface area (Å²) in [6.45, 7) is 0. The first-order valence-electron chi connectivity index (χ1n) is 5.75. The van der Waals surface area contributed by atoms with Gasteiger partial charge in [0.15, 0.2) is 0 Å². The van der Waals surface area contributed by atoms with Crippen molar-refractivity contribution in [3.63, 3.8) is 0 Å². The maximum atomic E-state index is 2.44. The number of benzene rings is 3. The van der Waals surface area contributed by atoms with Crippen molar-refractivity contribution < 1.29 is 0 Å². The summed E-state index contributed by atoms with van der Waals surface area (Å²) in [4.78, 5) is 0. The number of hydrogen-bond donors (Lipinski definition) is 0. The van der Waals surface area contributed by atoms with Gasteiger partial charge in [-0.15, -0.1) is 0 Å². The van der Waals surface area contributed by atoms with Crippen molar-refractivity contribution in [1.29, 1.82) is 0 Å². The third-order valence-corrected chi connectivity index (χ3v) is 5.93. The summed E-state index contributed by atoms with van der Waals surface area (Å²) in [5, 5.41) is 2.77. The van der Waals surface area contributed by atoms with Gasteiger partial charge < -0.3 is 0 Å². The van der Waals surface area contributed by atoms with Crippen molar-refractivity contribution in [1.82, 2.24) is 0 Å². The van der Waals surface area contributed by atoms with Crippen molar-refractivity contribution in [2.24, 2.45) is 0 Å². The second-order valence-electron chi connectivity index (χ2n) is 4.01. The number of fused-ring (bicyclic) bond motifs is 1. The van der Waals surface area contributed by atoms with E-state index >= 15 is 0 Å². The normalized spacial score (nSPS) is 10.7. The molecule has 0 aliphatic heterocycles. The van der Waals surface area contributed by atoms with E-state index in [2.05, 4.69) is 89.3 Å². The third kappa shape index (κ3) is 2.46. The van der Waals surface area contributed by atoms with Crippen molar-refractivity contribution in [3.8, 4) is 0 Å². The summed E-state index contributed by atoms with van der Waals surface area (Å²) < 4.78 is 4.24. The first-order valence-corrected chi connectivity index (χ1v) is 8.54. The topological polar surface area (TPSA) is 0 Å². The summed E-state index contributed by atoms with van der Waals surface area (Å²) in [5.41, 5.74) is 0. The first kappa shape index (κ1) is 12.2. The molecule has 0 heterocycles. The summed E-state index contributed by atoms with van der Waals surface area (Å²) in [6, 6.07) is 23.9. The molecular weight excluding hydrogens is 398 g/mol. The van der Waals surface area contributed by atoms with E-state index in [4.69, 9.17) is 0 Å². The molecule has 0 saturated carbocycles. The van der Waals surface area contributed by atoms with Gasteiger partial charge in [0.2, 0.25) is 0 Å². The Morgan fingerprint density at radius 3 is 2.22 bits per heavy atom. The Balaban J connectivity index is 2.12. The molecule has 0 fully saturated rings. The van der Waals surface area contributed by atoms with Crippen molar-refractivity contribution in [3.05, 3.63) is 70.3 Å². The van der Waals surface area contributed by atoms with Crippen LogP contribution in [0.2, 0.25) is 0 Å². The minimum absolute atomic E-state index is 0.377. The second kappa shape index (κ2) is 5.43. The predicted octanol–water partition coefficient (Wildman–Crippen LogP) is 3.10. The summed E-state index contributed by atoms with van der Waals surface area (Å²) in [7, 11) is 0. The summed E-state index contributed by atoms with van der Waals surface area (Å²) >= 11 is 2.81. The fourth-order valence-corrected chi connectivity index (χ4v) is 5.33. The first-order chi connectivity index (χ1) is 8.84. The average Bonchev–Trinajstić information content (AvgIpc) is 2.40. The van der Waals surface area contributed by atoms with Crippen LogP contribution in [0, 0.1) is 3.57 Å². The monoisotopic (exact) mass is 410 g/mol. The molecule has 3 aromatic carbocycles. The minimum atomic E-state index is 0.377. The molecule has 0 bridgehead atoms. The molecule has 0 aliphatic rings. The van der Waals surface area contributed by atoms with E-state index in [-0.39, 0.29) is 0 Å². The van der Waals surface area contributed by atoms with Crippen LogP contribution in [0.1, 0.15) is 0 Å². The molecule has 2 heteroatoms. The van der Waals surface area contributed by atoms with Crippen LogP contribution in [0.5, 0.6) is 0 Å². The zero-order valence-corrected chi connectivity index (χ0v) is 13.5. The Labute approximate surface area is 127 Å². The fourth-order valence-electron chi connectivity index (χ4n) is 1.96. The van der Waals surface area contributed by atoms with Gasteiger partial charge in [0.1, 0.15) is 0 Å². The molecule has 0 spiro atoms. The molecular formula is C16H11ISe. The second-order valence-corrected chi connectivity index (χ2v) is 7.51. The molecule has 0 saturated heterocycles. The third-order valence-electron chi connectivity index (χ3n) is 2.79. The number of hydrogen-bond acceptors (Lipinski definition) is 0. The zero-order valence-electron chi connectivity index (χ0n) is 9.64. The Morgan fingerprint density at radius 2 is 1.44 bits per heavy atom. The van der Waals surface area contributed by atoms with Gasteiger partial charge in [-0.1, -0.05) is 0 Å². The van der Waals surface area contributed by atoms with Gasteiger partial charge in [0.25, 0.3) is 0 Å². The van der Waals surface area contributed by atoms with E-state index in [1.807, 2.05) is 0 Å². The maximum absolute atomic E-state index is 2.44. The summed E-state index contributed by atoms with van der Waals surface area (Å²) in [5.74, 6) is 0. The number of halogens is 1. The summed E-state index contributed by atoms with van der Waals surface area (Å²) in [6.07, 6.45) is 0. The van der Waals surface area contributed by atoms with Gasteiger partial charge in [-0.25, -0.2) is 0 Å². The molecule has 88 valence electrons. The van der Waals surface area contributed by atoms with Crippen LogP contribution in [-0.4, -0.2) is 15.0 Å². The standard InChI is InChI=1S/C16H11ISe/c17-14-10-4-6-12-7-5-11-15(16(12)14)18-13-8-2-1-3-9-13/h1-11H. The van der Waals surface area contributed by atoms with Crippen LogP contribution in [0.3, 0.4) is 0 Å². The predicted molar refractivity (Wildman–Crippen MR) is 88.1 cm³/mol. The van der Waals surface area contributed by atoms with E-state index < -0.39 is 0 Å². The van der Waals surface area contributed by atoms with Crippen molar-refractivity contribution in [2.75, 3.05) is 0 Å². The Kier molecular flexibility index (Phi) is 3.69. The molecule has 0 unspecified atom stereocenters. The number of rotatable bonds is 2. The van der Waals surface area contributed by atoms with E-state index in [1.165, 1.54) is 23.3 Å². The molecule has 0 N–H and O–H groups in total. The van der Waals surface area contributed by atoms with Crippen LogP contribution in [0.15, 0.2) is 66.7 Å². The van der Waals surface area contributed by atoms with Gasteiger partial charge in [0.05, 0.1) is 0 Å². The van der Waals surface area contributed by atoms with Gasteiger partial charge in [-0.3, -0.25) is 0 Å². The quantitative estimate of drug-likeness (QED) is 0.451. The molecule has 0 aromatic heterocycles. The van der Waals surface area contributed by atoms with Crippen LogP contribution in [0.4, 0.5) is 0 Å². The molecule has 0 amide bonds. The van der Waals surface area contributed by atoms with Gasteiger partial charge >= 0.3 is 128 Å². The molecule has 3 aromatic rings. The molecule has 3 rings (SSSR count). The molecule has 18 heavy (non-hydrogen) atoms. The van der Waals surface area contributed by atoms with E-state index in [0.29, 0.717) is 15.0 Å². The van der Waals surface area contributed by atoms with Gasteiger partial charge in [-0.05, 0) is 0 Å². The average molecular weight is 409 g/mol. The fraction of sp³-hybridized carbons (Fsp3) is 0. The van der Waals surface area contributed by atoms with Crippen LogP contribution < -0.4 is 8.92 Å². The van der Waals surface area contributed by atoms with E-state index in [9.17, 15) is 0 Å². The van der Waals surface area contributed by atoms with Gasteiger partial charge in [0, 0.05) is 0 Å². The Morgan fingerprint density at radius 1 is 0.722 bits per heavy atom. The molecule has 0 aliphatic carbocycles. The van der Waals surface area contributed by atoms with Crippen LogP contribution in [0.25, 0.3) is 10.8 Å². The SMILES string of the molecule is Ic1cccc2cccc([Se]c3ccccc3)c12. The van der Waals surface area contributed by atoms with Crippen LogP contribution >= 0.6 is 22.6 Å². The Bertz CT molecular complexity index is 672. The molecule has 0 radical (unpaired) electrons. The van der Waals surface area contributed by atoms with Gasteiger partial charge in [-0.2, -0.15) is 0 Å². The van der Waals surface area contributed by atoms with Crippen molar-refractivity contribution in [2.45, 2.75) is 0 Å². The molecule has 0 atom stereocenters. The Hall–Kier alpha value is -0.831. The zero-order chi connectivity index (χ0) is 12.4. The molecule has 0 nitrogen and oxygen atoms in total. The van der Waals surface area contributed by atoms with Crippen molar-refractivity contribution >= 4 is 57.2 Å².